The molecule has 1 amide bonds. The van der Waals surface area contributed by atoms with Gasteiger partial charge in [-0.15, -0.1) is 11.3 Å². The molecule has 1 unspecified atom stereocenters. The second-order valence-electron chi connectivity index (χ2n) is 9.00. The number of nitrogens with two attached hydrogens (primary N) is 1. The molecule has 0 radical (unpaired) electrons. The molecule has 0 saturated heterocycles. The fraction of sp³-hybridized carbons (Fsp3) is 0.100. The highest BCUT2D eigenvalue weighted by molar-refractivity contribution is 7.07. The lowest BCUT2D eigenvalue weighted by Gasteiger charge is -2.27. The zero-order valence-electron chi connectivity index (χ0n) is 21.8. The predicted octanol–water partition coefficient (Wildman–Crippen LogP) is 2.92. The van der Waals surface area contributed by atoms with Gasteiger partial charge in [-0.05, 0) is 36.3 Å². The number of carbonyl (C=O) groups excluding carboxylic acids is 2. The van der Waals surface area contributed by atoms with Gasteiger partial charge in [0.2, 0.25) is 0 Å². The molecule has 3 N–H and O–H groups in total. The molecule has 1 aromatic heterocycles. The van der Waals surface area contributed by atoms with E-state index in [4.69, 9.17) is 10.5 Å². The standard InChI is InChI=1S/C30H24N4O6S/c1-2-40-30(37)24-23(19-11-7-4-8-12-19)25(27(35)32-20-13-15-21(16-14-20)34(38)39)29-33(26(24)31)28(36)22(41-29)17-18-9-5-3-6-10-18/h3-17,23H,2,31H2,1H3,(H,32,35)/b22-17-. The van der Waals surface area contributed by atoms with Gasteiger partial charge in [-0.2, -0.15) is 0 Å². The van der Waals surface area contributed by atoms with Gasteiger partial charge < -0.3 is 15.8 Å². The van der Waals surface area contributed by atoms with E-state index >= 15 is 0 Å². The van der Waals surface area contributed by atoms with E-state index in [1.807, 2.05) is 30.3 Å². The second-order valence-corrected chi connectivity index (χ2v) is 10.0. The van der Waals surface area contributed by atoms with Crippen LogP contribution in [-0.2, 0) is 14.3 Å². The lowest BCUT2D eigenvalue weighted by molar-refractivity contribution is -0.384. The molecular formula is C30H24N4O6S. The zero-order valence-corrected chi connectivity index (χ0v) is 22.6. The molecule has 10 nitrogen and oxygen atoms in total. The number of fused-ring (bicyclic) bond motifs is 1. The van der Waals surface area contributed by atoms with Gasteiger partial charge in [0.15, 0.2) is 0 Å². The number of benzene rings is 3. The van der Waals surface area contributed by atoms with Crippen LogP contribution in [0.15, 0.2) is 95.3 Å². The fourth-order valence-corrected chi connectivity index (χ4v) is 5.80. The monoisotopic (exact) mass is 568 g/mol. The smallest absolute Gasteiger partial charge is 0.338 e. The van der Waals surface area contributed by atoms with Crippen LogP contribution >= 0.6 is 11.3 Å². The lowest BCUT2D eigenvalue weighted by Crippen LogP contribution is -2.42. The minimum absolute atomic E-state index is 0.0365. The molecule has 3 aromatic carbocycles. The highest BCUT2D eigenvalue weighted by Gasteiger charge is 2.39. The number of anilines is 1. The third kappa shape index (κ3) is 5.30. The molecule has 0 fully saturated rings. The Morgan fingerprint density at radius 1 is 1.02 bits per heavy atom. The number of non-ortho nitro benzene ring substituents is 1. The van der Waals surface area contributed by atoms with Crippen molar-refractivity contribution < 1.29 is 19.2 Å². The number of nitrogens with one attached hydrogen (secondary N) is 1. The number of ether oxygens (including phenoxy) is 1. The van der Waals surface area contributed by atoms with Crippen LogP contribution in [0.2, 0.25) is 0 Å². The minimum atomic E-state index is -0.962. The average Bonchev–Trinajstić information content (AvgIpc) is 3.29. The van der Waals surface area contributed by atoms with Crippen LogP contribution in [0.5, 0.6) is 0 Å². The van der Waals surface area contributed by atoms with Gasteiger partial charge in [0, 0.05) is 17.8 Å². The van der Waals surface area contributed by atoms with Crippen LogP contribution in [0, 0.1) is 10.1 Å². The molecule has 1 aliphatic rings. The summed E-state index contributed by atoms with van der Waals surface area (Å²) >= 11 is 1.08. The summed E-state index contributed by atoms with van der Waals surface area (Å²) in [5, 5.41) is 13.9. The number of aromatic nitrogens is 1. The van der Waals surface area contributed by atoms with E-state index in [0.29, 0.717) is 15.8 Å². The lowest BCUT2D eigenvalue weighted by atomic mass is 9.82. The van der Waals surface area contributed by atoms with E-state index in [9.17, 15) is 24.5 Å². The maximum Gasteiger partial charge on any atom is 0.338 e. The third-order valence-electron chi connectivity index (χ3n) is 6.45. The summed E-state index contributed by atoms with van der Waals surface area (Å²) in [5.41, 5.74) is 7.65. The maximum atomic E-state index is 14.0. The predicted molar refractivity (Wildman–Crippen MR) is 156 cm³/mol. The van der Waals surface area contributed by atoms with Crippen molar-refractivity contribution in [3.63, 3.8) is 0 Å². The molecule has 1 atom stereocenters. The number of hydrogen-bond donors (Lipinski definition) is 2. The van der Waals surface area contributed by atoms with E-state index in [0.717, 1.165) is 16.9 Å². The first-order valence-corrected chi connectivity index (χ1v) is 13.4. The van der Waals surface area contributed by atoms with Crippen molar-refractivity contribution in [3.8, 4) is 0 Å². The number of thiazole rings is 1. The molecule has 0 saturated carbocycles. The van der Waals surface area contributed by atoms with Gasteiger partial charge in [0.1, 0.15) is 10.5 Å². The van der Waals surface area contributed by atoms with Crippen molar-refractivity contribution in [2.45, 2.75) is 12.8 Å². The Kier molecular flexibility index (Phi) is 7.61. The van der Waals surface area contributed by atoms with E-state index in [1.165, 1.54) is 28.8 Å². The first kappa shape index (κ1) is 27.3. The van der Waals surface area contributed by atoms with Crippen LogP contribution in [0.25, 0.3) is 17.5 Å². The Bertz CT molecular complexity index is 1860. The number of nitro benzene ring substituents is 1. The van der Waals surface area contributed by atoms with E-state index in [-0.39, 0.29) is 33.9 Å². The Morgan fingerprint density at radius 2 is 1.66 bits per heavy atom. The number of rotatable bonds is 7. The first-order valence-electron chi connectivity index (χ1n) is 12.6. The van der Waals surface area contributed by atoms with Crippen LogP contribution in [0.1, 0.15) is 24.0 Å². The number of carbonyl (C=O) groups is 2. The Morgan fingerprint density at radius 3 is 2.27 bits per heavy atom. The summed E-state index contributed by atoms with van der Waals surface area (Å²) in [5.74, 6) is -2.44. The van der Waals surface area contributed by atoms with Crippen LogP contribution < -0.4 is 25.8 Å². The number of nitrogens with zero attached hydrogens (tertiary/aromatic N) is 2. The normalized spacial score (nSPS) is 14.9. The summed E-state index contributed by atoms with van der Waals surface area (Å²) in [7, 11) is 0. The summed E-state index contributed by atoms with van der Waals surface area (Å²) < 4.78 is 7.09. The van der Waals surface area contributed by atoms with Gasteiger partial charge in [0.25, 0.3) is 17.2 Å². The molecule has 41 heavy (non-hydrogen) atoms. The van der Waals surface area contributed by atoms with Crippen molar-refractivity contribution >= 4 is 52.1 Å². The molecule has 0 bridgehead atoms. The van der Waals surface area contributed by atoms with Crippen molar-refractivity contribution in [3.05, 3.63) is 131 Å². The molecule has 0 spiro atoms. The van der Waals surface area contributed by atoms with Gasteiger partial charge in [-0.1, -0.05) is 60.7 Å². The Labute approximate surface area is 237 Å². The second kappa shape index (κ2) is 11.4. The summed E-state index contributed by atoms with van der Waals surface area (Å²) in [6.45, 7) is 1.70. The van der Waals surface area contributed by atoms with Crippen LogP contribution in [0.4, 0.5) is 11.4 Å². The number of esters is 1. The summed E-state index contributed by atoms with van der Waals surface area (Å²) in [6.07, 6.45) is 1.69. The number of amides is 1. The Hall–Kier alpha value is -5.29. The number of hydrogen-bond acceptors (Lipinski definition) is 8. The molecular weight excluding hydrogens is 544 g/mol. The van der Waals surface area contributed by atoms with E-state index in [2.05, 4.69) is 5.32 Å². The molecule has 0 aliphatic carbocycles. The Balaban J connectivity index is 1.79. The minimum Gasteiger partial charge on any atom is -0.463 e. The highest BCUT2D eigenvalue weighted by Crippen LogP contribution is 2.37. The fourth-order valence-electron chi connectivity index (χ4n) is 4.62. The molecule has 4 aromatic rings. The summed E-state index contributed by atoms with van der Waals surface area (Å²) in [6, 6.07) is 23.4. The molecule has 206 valence electrons. The molecule has 11 heteroatoms. The molecule has 5 rings (SSSR count). The van der Waals surface area contributed by atoms with Crippen molar-refractivity contribution in [2.24, 2.45) is 5.73 Å². The first-order chi connectivity index (χ1) is 19.8. The van der Waals surface area contributed by atoms with Gasteiger partial charge in [-0.3, -0.25) is 24.3 Å². The molecule has 1 aliphatic heterocycles. The van der Waals surface area contributed by atoms with E-state index < -0.39 is 28.3 Å². The van der Waals surface area contributed by atoms with Crippen LogP contribution in [-0.4, -0.2) is 28.0 Å². The van der Waals surface area contributed by atoms with E-state index in [1.54, 1.807) is 43.3 Å². The topological polar surface area (TPSA) is 147 Å². The average molecular weight is 569 g/mol. The summed E-state index contributed by atoms with van der Waals surface area (Å²) in [4.78, 5) is 51.6. The largest absolute Gasteiger partial charge is 0.463 e. The molecule has 2 heterocycles. The van der Waals surface area contributed by atoms with Crippen LogP contribution in [0.3, 0.4) is 0 Å². The quantitative estimate of drug-likeness (QED) is 0.198. The maximum absolute atomic E-state index is 14.0. The third-order valence-corrected chi connectivity index (χ3v) is 7.56. The van der Waals surface area contributed by atoms with Gasteiger partial charge in [-0.25, -0.2) is 4.79 Å². The van der Waals surface area contributed by atoms with Gasteiger partial charge >= 0.3 is 5.97 Å². The number of nitro groups is 1. The van der Waals surface area contributed by atoms with Crippen molar-refractivity contribution in [1.29, 1.82) is 0 Å². The highest BCUT2D eigenvalue weighted by atomic mass is 32.1. The van der Waals surface area contributed by atoms with Crippen molar-refractivity contribution in [2.75, 3.05) is 11.9 Å². The zero-order chi connectivity index (χ0) is 29.1. The van der Waals surface area contributed by atoms with Gasteiger partial charge in [0.05, 0.1) is 33.1 Å². The van der Waals surface area contributed by atoms with Crippen molar-refractivity contribution in [1.82, 2.24) is 4.57 Å². The SMILES string of the molecule is CCOC(=O)C1=C(N)n2c(s/c(=C\c3ccccc3)c2=O)=C(C(=O)Nc2ccc([N+](=O)[O-])cc2)C1c1ccccc1.